The molecule has 0 atom stereocenters. The average molecular weight is 201 g/mol. The summed E-state index contributed by atoms with van der Waals surface area (Å²) in [6.07, 6.45) is 0. The summed E-state index contributed by atoms with van der Waals surface area (Å²) in [5, 5.41) is 10.7. The number of hydrogen-bond acceptors (Lipinski definition) is 2. The Bertz CT molecular complexity index is 547. The highest BCUT2D eigenvalue weighted by Gasteiger charge is 2.10. The van der Waals surface area contributed by atoms with Crippen LogP contribution >= 0.6 is 0 Å². The van der Waals surface area contributed by atoms with Crippen molar-refractivity contribution in [2.45, 2.75) is 6.92 Å². The first-order valence-corrected chi connectivity index (χ1v) is 4.62. The van der Waals surface area contributed by atoms with E-state index in [0.29, 0.717) is 5.69 Å². The second kappa shape index (κ2) is 3.28. The molecule has 15 heavy (non-hydrogen) atoms. The Morgan fingerprint density at radius 2 is 2.00 bits per heavy atom. The van der Waals surface area contributed by atoms with Crippen LogP contribution in [0, 0.1) is 6.92 Å². The number of carboxylic acids is 1. The molecule has 0 aliphatic rings. The van der Waals surface area contributed by atoms with Crippen LogP contribution in [0.4, 0.5) is 5.69 Å². The summed E-state index contributed by atoms with van der Waals surface area (Å²) in [5.41, 5.74) is 7.41. The van der Waals surface area contributed by atoms with E-state index in [1.807, 2.05) is 25.1 Å². The summed E-state index contributed by atoms with van der Waals surface area (Å²) in [6, 6.07) is 9.08. The molecule has 0 aromatic heterocycles. The fraction of sp³-hybridized carbons (Fsp3) is 0.0833. The standard InChI is InChI=1S/C12H11NO2/c1-7-2-4-9-8(6-7)3-5-10(11(9)13)12(14)15/h2-6H,13H2,1H3,(H,14,15). The zero-order valence-electron chi connectivity index (χ0n) is 8.32. The number of fused-ring (bicyclic) bond motifs is 1. The maximum Gasteiger partial charge on any atom is 0.337 e. The number of aryl methyl sites for hydroxylation is 1. The number of hydrogen-bond donors (Lipinski definition) is 2. The number of rotatable bonds is 1. The highest BCUT2D eigenvalue weighted by Crippen LogP contribution is 2.25. The van der Waals surface area contributed by atoms with Crippen LogP contribution in [0.2, 0.25) is 0 Å². The van der Waals surface area contributed by atoms with E-state index in [1.54, 1.807) is 12.1 Å². The molecule has 2 aromatic carbocycles. The Morgan fingerprint density at radius 3 is 2.67 bits per heavy atom. The van der Waals surface area contributed by atoms with Crippen molar-refractivity contribution in [2.75, 3.05) is 5.73 Å². The molecule has 3 nitrogen and oxygen atoms in total. The largest absolute Gasteiger partial charge is 0.478 e. The van der Waals surface area contributed by atoms with Gasteiger partial charge in [-0.15, -0.1) is 0 Å². The molecule has 0 unspecified atom stereocenters. The van der Waals surface area contributed by atoms with Crippen molar-refractivity contribution in [2.24, 2.45) is 0 Å². The lowest BCUT2D eigenvalue weighted by atomic mass is 10.0. The first-order valence-electron chi connectivity index (χ1n) is 4.62. The van der Waals surface area contributed by atoms with Crippen molar-refractivity contribution in [3.05, 3.63) is 41.5 Å². The topological polar surface area (TPSA) is 63.3 Å². The molecule has 0 aliphatic heterocycles. The Kier molecular flexibility index (Phi) is 2.08. The van der Waals surface area contributed by atoms with Crippen molar-refractivity contribution in [1.29, 1.82) is 0 Å². The van der Waals surface area contributed by atoms with E-state index >= 15 is 0 Å². The molecule has 0 radical (unpaired) electrons. The van der Waals surface area contributed by atoms with Gasteiger partial charge in [-0.05, 0) is 18.4 Å². The predicted molar refractivity (Wildman–Crippen MR) is 60.1 cm³/mol. The molecule has 0 fully saturated rings. The van der Waals surface area contributed by atoms with E-state index in [0.717, 1.165) is 16.3 Å². The summed E-state index contributed by atoms with van der Waals surface area (Å²) in [4.78, 5) is 10.9. The van der Waals surface area contributed by atoms with Crippen molar-refractivity contribution in [3.63, 3.8) is 0 Å². The maximum atomic E-state index is 10.9. The Labute approximate surface area is 87.1 Å². The lowest BCUT2D eigenvalue weighted by Gasteiger charge is -2.06. The molecule has 0 spiro atoms. The zero-order chi connectivity index (χ0) is 11.0. The SMILES string of the molecule is Cc1ccc2c(N)c(C(=O)O)ccc2c1. The van der Waals surface area contributed by atoms with Crippen LogP contribution in [0.25, 0.3) is 10.8 Å². The summed E-state index contributed by atoms with van der Waals surface area (Å²) in [6.45, 7) is 1.99. The highest BCUT2D eigenvalue weighted by molar-refractivity contribution is 6.04. The van der Waals surface area contributed by atoms with E-state index in [-0.39, 0.29) is 5.56 Å². The highest BCUT2D eigenvalue weighted by atomic mass is 16.4. The molecule has 2 rings (SSSR count). The number of aromatic carboxylic acids is 1. The number of carbonyl (C=O) groups is 1. The van der Waals surface area contributed by atoms with Gasteiger partial charge >= 0.3 is 5.97 Å². The second-order valence-corrected chi connectivity index (χ2v) is 3.56. The number of nitrogen functional groups attached to an aromatic ring is 1. The van der Waals surface area contributed by atoms with Crippen LogP contribution < -0.4 is 5.73 Å². The second-order valence-electron chi connectivity index (χ2n) is 3.56. The average Bonchev–Trinajstić information content (AvgIpc) is 2.17. The summed E-state index contributed by atoms with van der Waals surface area (Å²) in [7, 11) is 0. The quantitative estimate of drug-likeness (QED) is 0.696. The third kappa shape index (κ3) is 1.52. The van der Waals surface area contributed by atoms with Crippen molar-refractivity contribution < 1.29 is 9.90 Å². The Morgan fingerprint density at radius 1 is 1.27 bits per heavy atom. The van der Waals surface area contributed by atoms with Crippen molar-refractivity contribution >= 4 is 22.4 Å². The van der Waals surface area contributed by atoms with Gasteiger partial charge in [0.2, 0.25) is 0 Å². The first kappa shape index (κ1) is 9.52. The lowest BCUT2D eigenvalue weighted by Crippen LogP contribution is -2.02. The van der Waals surface area contributed by atoms with Gasteiger partial charge in [-0.3, -0.25) is 0 Å². The van der Waals surface area contributed by atoms with Gasteiger partial charge in [-0.25, -0.2) is 4.79 Å². The predicted octanol–water partition coefficient (Wildman–Crippen LogP) is 2.43. The monoisotopic (exact) mass is 201 g/mol. The number of carboxylic acid groups (broad SMARTS) is 1. The molecule has 76 valence electrons. The zero-order valence-corrected chi connectivity index (χ0v) is 8.32. The van der Waals surface area contributed by atoms with Gasteiger partial charge < -0.3 is 10.8 Å². The molecule has 0 saturated carbocycles. The fourth-order valence-electron chi connectivity index (χ4n) is 1.66. The van der Waals surface area contributed by atoms with Crippen LogP contribution in [-0.2, 0) is 0 Å². The fourth-order valence-corrected chi connectivity index (χ4v) is 1.66. The smallest absolute Gasteiger partial charge is 0.337 e. The molecule has 3 N–H and O–H groups in total. The van der Waals surface area contributed by atoms with Gasteiger partial charge in [0.05, 0.1) is 11.3 Å². The van der Waals surface area contributed by atoms with Gasteiger partial charge in [-0.2, -0.15) is 0 Å². The van der Waals surface area contributed by atoms with Gasteiger partial charge in [-0.1, -0.05) is 29.8 Å². The lowest BCUT2D eigenvalue weighted by molar-refractivity contribution is 0.0698. The molecule has 2 aromatic rings. The molecular weight excluding hydrogens is 190 g/mol. The van der Waals surface area contributed by atoms with E-state index in [9.17, 15) is 4.79 Å². The Hall–Kier alpha value is -2.03. The summed E-state index contributed by atoms with van der Waals surface area (Å²) < 4.78 is 0. The Balaban J connectivity index is 2.80. The first-order chi connectivity index (χ1) is 7.09. The minimum absolute atomic E-state index is 0.159. The van der Waals surface area contributed by atoms with Crippen LogP contribution in [0.3, 0.4) is 0 Å². The third-order valence-electron chi connectivity index (χ3n) is 2.45. The van der Waals surface area contributed by atoms with Gasteiger partial charge in [0.25, 0.3) is 0 Å². The van der Waals surface area contributed by atoms with E-state index < -0.39 is 5.97 Å². The van der Waals surface area contributed by atoms with Crippen LogP contribution in [-0.4, -0.2) is 11.1 Å². The molecule has 0 amide bonds. The number of anilines is 1. The van der Waals surface area contributed by atoms with Crippen molar-refractivity contribution in [1.82, 2.24) is 0 Å². The van der Waals surface area contributed by atoms with Crippen LogP contribution in [0.15, 0.2) is 30.3 Å². The normalized spacial score (nSPS) is 10.5. The van der Waals surface area contributed by atoms with E-state index in [1.165, 1.54) is 0 Å². The molecular formula is C12H11NO2. The summed E-state index contributed by atoms with van der Waals surface area (Å²) >= 11 is 0. The minimum atomic E-state index is -0.991. The van der Waals surface area contributed by atoms with Gasteiger partial charge in [0.1, 0.15) is 0 Å². The summed E-state index contributed by atoms with van der Waals surface area (Å²) in [5.74, 6) is -0.991. The van der Waals surface area contributed by atoms with Crippen molar-refractivity contribution in [3.8, 4) is 0 Å². The van der Waals surface area contributed by atoms with Crippen LogP contribution in [0.5, 0.6) is 0 Å². The molecule has 0 saturated heterocycles. The molecule has 0 heterocycles. The van der Waals surface area contributed by atoms with Crippen LogP contribution in [0.1, 0.15) is 15.9 Å². The third-order valence-corrected chi connectivity index (χ3v) is 2.45. The molecule has 0 aliphatic carbocycles. The number of nitrogens with two attached hydrogens (primary N) is 1. The van der Waals surface area contributed by atoms with E-state index in [2.05, 4.69) is 0 Å². The molecule has 3 heteroatoms. The minimum Gasteiger partial charge on any atom is -0.478 e. The molecule has 0 bridgehead atoms. The van der Waals surface area contributed by atoms with E-state index in [4.69, 9.17) is 10.8 Å². The van der Waals surface area contributed by atoms with Gasteiger partial charge in [0.15, 0.2) is 0 Å². The van der Waals surface area contributed by atoms with Gasteiger partial charge in [0, 0.05) is 5.39 Å². The number of benzene rings is 2. The maximum absolute atomic E-state index is 10.9.